The van der Waals surface area contributed by atoms with E-state index in [1.54, 1.807) is 0 Å². The highest BCUT2D eigenvalue weighted by atomic mass is 28.3. The van der Waals surface area contributed by atoms with Crippen molar-refractivity contribution in [2.24, 2.45) is 0 Å². The molecule has 0 aliphatic carbocycles. The first-order valence-corrected chi connectivity index (χ1v) is 22.1. The Balaban J connectivity index is 1.19. The number of hydrogen-bond acceptors (Lipinski definition) is 2. The van der Waals surface area contributed by atoms with Crippen LogP contribution >= 0.6 is 0 Å². The average molecular weight is 757 g/mol. The van der Waals surface area contributed by atoms with Crippen molar-refractivity contribution in [2.45, 2.75) is 5.41 Å². The molecule has 0 saturated heterocycles. The van der Waals surface area contributed by atoms with E-state index in [0.717, 1.165) is 11.4 Å². The predicted octanol–water partition coefficient (Wildman–Crippen LogP) is 11.0. The molecule has 2 aliphatic rings. The van der Waals surface area contributed by atoms with Gasteiger partial charge in [-0.15, -0.1) is 0 Å². The summed E-state index contributed by atoms with van der Waals surface area (Å²) in [4.78, 5) is 4.98. The molecule has 0 unspecified atom stereocenters. The number of fused-ring (bicyclic) bond motifs is 4. The van der Waals surface area contributed by atoms with Crippen LogP contribution in [-0.4, -0.2) is 8.07 Å². The van der Waals surface area contributed by atoms with Crippen molar-refractivity contribution in [3.8, 4) is 0 Å². The van der Waals surface area contributed by atoms with Gasteiger partial charge in [0.2, 0.25) is 0 Å². The van der Waals surface area contributed by atoms with Crippen molar-refractivity contribution >= 4 is 62.9 Å². The summed E-state index contributed by atoms with van der Waals surface area (Å²) in [7, 11) is -2.93. The van der Waals surface area contributed by atoms with Crippen LogP contribution < -0.4 is 30.5 Å². The van der Waals surface area contributed by atoms with Crippen LogP contribution in [-0.2, 0) is 5.41 Å². The minimum atomic E-state index is -2.93. The van der Waals surface area contributed by atoms with E-state index in [1.807, 2.05) is 0 Å². The number of anilines is 6. The normalized spacial score (nSPS) is 14.4. The van der Waals surface area contributed by atoms with Gasteiger partial charge in [0.15, 0.2) is 8.07 Å². The van der Waals surface area contributed by atoms with Crippen LogP contribution in [0.1, 0.15) is 22.3 Å². The third kappa shape index (κ3) is 4.90. The van der Waals surface area contributed by atoms with Crippen LogP contribution in [0.15, 0.2) is 243 Å². The van der Waals surface area contributed by atoms with E-state index >= 15 is 0 Å². The summed E-state index contributed by atoms with van der Waals surface area (Å²) in [5.41, 5.74) is 11.6. The standard InChI is InChI=1S/C55H40N2Si/c1-5-22-41(23-6-1)55(42-24-7-2-8-25-42)47-32-13-15-34-49(47)57(50-35-16-14-33-48(50)55)44-28-21-31-46(40-44)58(45-29-11-4-12-30-45)53-38-19-17-36-51(53)56(43-26-9-3-10-27-43)52-37-18-20-39-54(52)58/h1-40H. The zero-order chi connectivity index (χ0) is 38.5. The summed E-state index contributed by atoms with van der Waals surface area (Å²) < 4.78 is 0. The first kappa shape index (κ1) is 34.1. The predicted molar refractivity (Wildman–Crippen MR) is 245 cm³/mol. The Hall–Kier alpha value is -7.20. The summed E-state index contributed by atoms with van der Waals surface area (Å²) in [6.45, 7) is 0. The van der Waals surface area contributed by atoms with Crippen LogP contribution in [0.3, 0.4) is 0 Å². The molecule has 2 heterocycles. The van der Waals surface area contributed by atoms with Crippen LogP contribution in [0.25, 0.3) is 0 Å². The molecule has 58 heavy (non-hydrogen) atoms. The van der Waals surface area contributed by atoms with Crippen LogP contribution in [0.4, 0.5) is 34.1 Å². The van der Waals surface area contributed by atoms with E-state index in [9.17, 15) is 0 Å². The lowest BCUT2D eigenvalue weighted by Crippen LogP contribution is -2.77. The van der Waals surface area contributed by atoms with Crippen LogP contribution in [0, 0.1) is 0 Å². The second-order valence-electron chi connectivity index (χ2n) is 15.2. The Bertz CT molecular complexity index is 2770. The topological polar surface area (TPSA) is 6.48 Å². The Morgan fingerprint density at radius 3 is 1.21 bits per heavy atom. The van der Waals surface area contributed by atoms with Crippen molar-refractivity contribution in [1.29, 1.82) is 0 Å². The van der Waals surface area contributed by atoms with Crippen molar-refractivity contribution in [2.75, 3.05) is 9.80 Å². The smallest absolute Gasteiger partial charge is 0.184 e. The molecular weight excluding hydrogens is 717 g/mol. The monoisotopic (exact) mass is 756 g/mol. The first-order valence-electron chi connectivity index (χ1n) is 20.1. The zero-order valence-corrected chi connectivity index (χ0v) is 33.0. The number of benzene rings is 9. The molecule has 0 bridgehead atoms. The fraction of sp³-hybridized carbons (Fsp3) is 0.0182. The molecule has 9 aromatic rings. The van der Waals surface area contributed by atoms with E-state index < -0.39 is 13.5 Å². The second-order valence-corrected chi connectivity index (χ2v) is 19.0. The summed E-state index contributed by atoms with van der Waals surface area (Å²) in [5, 5.41) is 5.48. The van der Waals surface area contributed by atoms with Crippen molar-refractivity contribution in [3.05, 3.63) is 265 Å². The molecule has 0 spiro atoms. The first-order chi connectivity index (χ1) is 28.8. The minimum absolute atomic E-state index is 0.522. The van der Waals surface area contributed by atoms with Gasteiger partial charge in [0.1, 0.15) is 0 Å². The van der Waals surface area contributed by atoms with E-state index in [4.69, 9.17) is 0 Å². The number of hydrogen-bond donors (Lipinski definition) is 0. The highest BCUT2D eigenvalue weighted by Crippen LogP contribution is 2.57. The maximum absolute atomic E-state index is 2.93. The van der Waals surface area contributed by atoms with Gasteiger partial charge in [0.25, 0.3) is 0 Å². The third-order valence-electron chi connectivity index (χ3n) is 12.4. The van der Waals surface area contributed by atoms with Crippen molar-refractivity contribution < 1.29 is 0 Å². The number of rotatable bonds is 6. The highest BCUT2D eigenvalue weighted by molar-refractivity contribution is 7.21. The van der Waals surface area contributed by atoms with Gasteiger partial charge in [0, 0.05) is 22.7 Å². The van der Waals surface area contributed by atoms with E-state index in [0.29, 0.717) is 0 Å². The molecule has 0 fully saturated rings. The lowest BCUT2D eigenvalue weighted by Gasteiger charge is -2.47. The zero-order valence-electron chi connectivity index (χ0n) is 32.0. The third-order valence-corrected chi connectivity index (χ3v) is 17.2. The molecule has 274 valence electrons. The quantitative estimate of drug-likeness (QED) is 0.156. The van der Waals surface area contributed by atoms with Gasteiger partial charge in [-0.25, -0.2) is 0 Å². The van der Waals surface area contributed by atoms with Gasteiger partial charge in [-0.05, 0) is 91.5 Å². The molecule has 0 atom stereocenters. The summed E-state index contributed by atoms with van der Waals surface area (Å²) >= 11 is 0. The van der Waals surface area contributed by atoms with Crippen LogP contribution in [0.2, 0.25) is 0 Å². The SMILES string of the molecule is c1ccc(N2c3ccccc3[Si](c3ccccc3)(c3cccc(N4c5ccccc5C(c5ccccc5)(c5ccccc5)c5ccccc54)c3)c3ccccc32)cc1. The Morgan fingerprint density at radius 1 is 0.293 bits per heavy atom. The van der Waals surface area contributed by atoms with E-state index in [-0.39, 0.29) is 0 Å². The molecule has 2 aliphatic heterocycles. The second kappa shape index (κ2) is 13.8. The molecule has 9 aromatic carbocycles. The summed E-state index contributed by atoms with van der Waals surface area (Å²) in [6, 6.07) is 90.1. The Kier molecular flexibility index (Phi) is 8.09. The summed E-state index contributed by atoms with van der Waals surface area (Å²) in [6.07, 6.45) is 0. The van der Waals surface area contributed by atoms with Crippen LogP contribution in [0.5, 0.6) is 0 Å². The molecule has 0 radical (unpaired) electrons. The maximum atomic E-state index is 2.52. The highest BCUT2D eigenvalue weighted by Gasteiger charge is 2.50. The molecule has 3 heteroatoms. The van der Waals surface area contributed by atoms with Gasteiger partial charge < -0.3 is 9.80 Å². The molecule has 2 nitrogen and oxygen atoms in total. The molecule has 0 amide bonds. The fourth-order valence-electron chi connectivity index (χ4n) is 10.1. The molecule has 11 rings (SSSR count). The van der Waals surface area contributed by atoms with Gasteiger partial charge in [0.05, 0.1) is 16.8 Å². The molecular formula is C55H40N2Si. The molecule has 0 aromatic heterocycles. The maximum Gasteiger partial charge on any atom is 0.184 e. The summed E-state index contributed by atoms with van der Waals surface area (Å²) in [5.74, 6) is 0. The Labute approximate surface area is 341 Å². The van der Waals surface area contributed by atoms with Gasteiger partial charge >= 0.3 is 0 Å². The lowest BCUT2D eigenvalue weighted by molar-refractivity contribution is 0.731. The van der Waals surface area contributed by atoms with E-state index in [2.05, 4.69) is 252 Å². The van der Waals surface area contributed by atoms with Gasteiger partial charge in [-0.2, -0.15) is 0 Å². The van der Waals surface area contributed by atoms with Crippen molar-refractivity contribution in [1.82, 2.24) is 0 Å². The van der Waals surface area contributed by atoms with Gasteiger partial charge in [-0.3, -0.25) is 0 Å². The lowest BCUT2D eigenvalue weighted by atomic mass is 9.62. The fourth-order valence-corrected chi connectivity index (χ4v) is 15.3. The van der Waals surface area contributed by atoms with E-state index in [1.165, 1.54) is 65.8 Å². The molecule has 0 N–H and O–H groups in total. The van der Waals surface area contributed by atoms with Crippen molar-refractivity contribution in [3.63, 3.8) is 0 Å². The number of nitrogens with zero attached hydrogens (tertiary/aromatic N) is 2. The van der Waals surface area contributed by atoms with Gasteiger partial charge in [-0.1, -0.05) is 194 Å². The largest absolute Gasteiger partial charge is 0.311 e. The number of para-hydroxylation sites is 5. The average Bonchev–Trinajstić information content (AvgIpc) is 3.31. The Morgan fingerprint density at radius 2 is 0.672 bits per heavy atom. The minimum Gasteiger partial charge on any atom is -0.311 e. The molecule has 0 saturated carbocycles.